The predicted octanol–water partition coefficient (Wildman–Crippen LogP) is 1.67. The SMILES string of the molecule is CN(C)C(=O)Nc1cccc(C(=O)NC(CN)C2CC2)c1.Cl. The minimum Gasteiger partial charge on any atom is -0.348 e. The minimum absolute atomic E-state index is 0. The molecule has 122 valence electrons. The number of hydrogen-bond acceptors (Lipinski definition) is 3. The van der Waals surface area contributed by atoms with Crippen LogP contribution in [-0.4, -0.2) is 43.5 Å². The largest absolute Gasteiger partial charge is 0.348 e. The van der Waals surface area contributed by atoms with Crippen LogP contribution in [0.15, 0.2) is 24.3 Å². The molecular formula is C15H23ClN4O2. The van der Waals surface area contributed by atoms with Gasteiger partial charge in [-0.3, -0.25) is 4.79 Å². The third-order valence-electron chi connectivity index (χ3n) is 3.54. The lowest BCUT2D eigenvalue weighted by molar-refractivity contribution is 0.0933. The maximum absolute atomic E-state index is 12.2. The molecule has 2 rings (SSSR count). The zero-order valence-corrected chi connectivity index (χ0v) is 13.7. The maximum atomic E-state index is 12.2. The lowest BCUT2D eigenvalue weighted by Gasteiger charge is -2.16. The standard InChI is InChI=1S/C15H22N4O2.ClH/c1-19(2)15(21)17-12-5-3-4-11(8-12)14(20)18-13(9-16)10-6-7-10;/h3-5,8,10,13H,6-7,9,16H2,1-2H3,(H,17,21)(H,18,20);1H. The van der Waals surface area contributed by atoms with Crippen LogP contribution in [0.5, 0.6) is 0 Å². The quantitative estimate of drug-likeness (QED) is 0.769. The van der Waals surface area contributed by atoms with Crippen LogP contribution in [0.3, 0.4) is 0 Å². The molecule has 0 heterocycles. The molecule has 1 atom stereocenters. The second-order valence-corrected chi connectivity index (χ2v) is 5.56. The Hall–Kier alpha value is -1.79. The Morgan fingerprint density at radius 3 is 2.59 bits per heavy atom. The Morgan fingerprint density at radius 1 is 1.36 bits per heavy atom. The van der Waals surface area contributed by atoms with E-state index in [9.17, 15) is 9.59 Å². The van der Waals surface area contributed by atoms with E-state index >= 15 is 0 Å². The fraction of sp³-hybridized carbons (Fsp3) is 0.467. The van der Waals surface area contributed by atoms with E-state index in [-0.39, 0.29) is 30.4 Å². The number of nitrogens with zero attached hydrogens (tertiary/aromatic N) is 1. The third kappa shape index (κ3) is 4.89. The van der Waals surface area contributed by atoms with Crippen LogP contribution in [0, 0.1) is 5.92 Å². The molecule has 0 aromatic heterocycles. The molecule has 3 amide bonds. The number of carbonyl (C=O) groups is 2. The first-order chi connectivity index (χ1) is 10.0. The first-order valence-electron chi connectivity index (χ1n) is 7.10. The number of amides is 3. The number of carbonyl (C=O) groups excluding carboxylic acids is 2. The molecule has 1 aromatic carbocycles. The van der Waals surface area contributed by atoms with Gasteiger partial charge < -0.3 is 21.3 Å². The van der Waals surface area contributed by atoms with Crippen molar-refractivity contribution in [1.82, 2.24) is 10.2 Å². The number of urea groups is 1. The Bertz CT molecular complexity index is 532. The van der Waals surface area contributed by atoms with Crippen molar-refractivity contribution < 1.29 is 9.59 Å². The lowest BCUT2D eigenvalue weighted by Crippen LogP contribution is -2.41. The zero-order chi connectivity index (χ0) is 15.4. The van der Waals surface area contributed by atoms with Crippen molar-refractivity contribution in [2.45, 2.75) is 18.9 Å². The third-order valence-corrected chi connectivity index (χ3v) is 3.54. The van der Waals surface area contributed by atoms with Crippen molar-refractivity contribution in [1.29, 1.82) is 0 Å². The van der Waals surface area contributed by atoms with Crippen molar-refractivity contribution in [2.75, 3.05) is 26.0 Å². The number of rotatable bonds is 5. The molecule has 1 fully saturated rings. The average molecular weight is 327 g/mol. The number of hydrogen-bond donors (Lipinski definition) is 3. The molecule has 0 saturated heterocycles. The summed E-state index contributed by atoms with van der Waals surface area (Å²) in [6, 6.07) is 6.69. The Labute approximate surface area is 136 Å². The number of nitrogens with one attached hydrogen (secondary N) is 2. The molecule has 1 aliphatic carbocycles. The second-order valence-electron chi connectivity index (χ2n) is 5.56. The van der Waals surface area contributed by atoms with Gasteiger partial charge in [0.05, 0.1) is 0 Å². The first-order valence-corrected chi connectivity index (χ1v) is 7.10. The Balaban J connectivity index is 0.00000242. The number of benzene rings is 1. The molecule has 0 aliphatic heterocycles. The summed E-state index contributed by atoms with van der Waals surface area (Å²) < 4.78 is 0. The van der Waals surface area contributed by atoms with Gasteiger partial charge in [0.25, 0.3) is 5.91 Å². The van der Waals surface area contributed by atoms with Gasteiger partial charge in [0.15, 0.2) is 0 Å². The molecule has 0 radical (unpaired) electrons. The van der Waals surface area contributed by atoms with Gasteiger partial charge in [0.1, 0.15) is 0 Å². The van der Waals surface area contributed by atoms with Gasteiger partial charge >= 0.3 is 6.03 Å². The van der Waals surface area contributed by atoms with E-state index < -0.39 is 0 Å². The molecule has 22 heavy (non-hydrogen) atoms. The highest BCUT2D eigenvalue weighted by Gasteiger charge is 2.31. The van der Waals surface area contributed by atoms with E-state index in [0.717, 1.165) is 12.8 Å². The molecule has 6 nitrogen and oxygen atoms in total. The molecule has 1 aromatic rings. The Morgan fingerprint density at radius 2 is 2.05 bits per heavy atom. The van der Waals surface area contributed by atoms with Gasteiger partial charge in [-0.05, 0) is 37.0 Å². The van der Waals surface area contributed by atoms with Gasteiger partial charge in [-0.25, -0.2) is 4.79 Å². The van der Waals surface area contributed by atoms with Crippen molar-refractivity contribution in [3.05, 3.63) is 29.8 Å². The van der Waals surface area contributed by atoms with Gasteiger partial charge in [-0.15, -0.1) is 12.4 Å². The van der Waals surface area contributed by atoms with Crippen LogP contribution < -0.4 is 16.4 Å². The Kier molecular flexibility index (Phi) is 6.64. The van der Waals surface area contributed by atoms with Crippen LogP contribution in [0.1, 0.15) is 23.2 Å². The summed E-state index contributed by atoms with van der Waals surface area (Å²) in [6.45, 7) is 0.452. The van der Waals surface area contributed by atoms with E-state index in [1.54, 1.807) is 38.4 Å². The summed E-state index contributed by atoms with van der Waals surface area (Å²) in [5, 5.41) is 5.68. The fourth-order valence-electron chi connectivity index (χ4n) is 2.09. The number of halogens is 1. The van der Waals surface area contributed by atoms with Crippen LogP contribution in [0.4, 0.5) is 10.5 Å². The van der Waals surface area contributed by atoms with Crippen LogP contribution >= 0.6 is 12.4 Å². The van der Waals surface area contributed by atoms with Gasteiger partial charge in [0.2, 0.25) is 0 Å². The van der Waals surface area contributed by atoms with Crippen molar-refractivity contribution in [3.63, 3.8) is 0 Å². The van der Waals surface area contributed by atoms with Crippen molar-refractivity contribution >= 4 is 30.0 Å². The zero-order valence-electron chi connectivity index (χ0n) is 12.8. The molecule has 0 spiro atoms. The average Bonchev–Trinajstić information content (AvgIpc) is 3.29. The first kappa shape index (κ1) is 18.3. The molecule has 1 aliphatic rings. The number of anilines is 1. The summed E-state index contributed by atoms with van der Waals surface area (Å²) in [7, 11) is 3.32. The molecule has 7 heteroatoms. The molecule has 0 bridgehead atoms. The smallest absolute Gasteiger partial charge is 0.321 e. The van der Waals surface area contributed by atoms with E-state index in [1.165, 1.54) is 4.90 Å². The normalized spacial score (nSPS) is 14.5. The van der Waals surface area contributed by atoms with Gasteiger partial charge in [-0.2, -0.15) is 0 Å². The summed E-state index contributed by atoms with van der Waals surface area (Å²) in [4.78, 5) is 25.3. The highest BCUT2D eigenvalue weighted by atomic mass is 35.5. The number of nitrogens with two attached hydrogens (primary N) is 1. The molecule has 4 N–H and O–H groups in total. The summed E-state index contributed by atoms with van der Waals surface area (Å²) in [5.74, 6) is 0.355. The highest BCUT2D eigenvalue weighted by molar-refractivity contribution is 5.97. The van der Waals surface area contributed by atoms with Crippen LogP contribution in [-0.2, 0) is 0 Å². The monoisotopic (exact) mass is 326 g/mol. The van der Waals surface area contributed by atoms with Gasteiger partial charge in [-0.1, -0.05) is 6.07 Å². The predicted molar refractivity (Wildman–Crippen MR) is 89.4 cm³/mol. The topological polar surface area (TPSA) is 87.5 Å². The molecule has 1 unspecified atom stereocenters. The fourth-order valence-corrected chi connectivity index (χ4v) is 2.09. The van der Waals surface area contributed by atoms with E-state index in [4.69, 9.17) is 5.73 Å². The van der Waals surface area contributed by atoms with E-state index in [0.29, 0.717) is 23.7 Å². The molecule has 1 saturated carbocycles. The lowest BCUT2D eigenvalue weighted by atomic mass is 10.1. The minimum atomic E-state index is -0.231. The maximum Gasteiger partial charge on any atom is 0.321 e. The summed E-state index contributed by atoms with van der Waals surface area (Å²) in [6.07, 6.45) is 2.25. The van der Waals surface area contributed by atoms with Crippen molar-refractivity contribution in [2.24, 2.45) is 11.7 Å². The van der Waals surface area contributed by atoms with Gasteiger partial charge in [0, 0.05) is 37.9 Å². The van der Waals surface area contributed by atoms with Crippen LogP contribution in [0.25, 0.3) is 0 Å². The van der Waals surface area contributed by atoms with Crippen molar-refractivity contribution in [3.8, 4) is 0 Å². The van der Waals surface area contributed by atoms with E-state index in [1.807, 2.05) is 0 Å². The summed E-state index contributed by atoms with van der Waals surface area (Å²) >= 11 is 0. The second kappa shape index (κ2) is 8.00. The van der Waals surface area contributed by atoms with Crippen LogP contribution in [0.2, 0.25) is 0 Å². The molecular weight excluding hydrogens is 304 g/mol. The summed E-state index contributed by atoms with van der Waals surface area (Å²) in [5.41, 5.74) is 6.81. The van der Waals surface area contributed by atoms with E-state index in [2.05, 4.69) is 10.6 Å². The highest BCUT2D eigenvalue weighted by Crippen LogP contribution is 2.32.